The molecule has 0 atom stereocenters. The smallest absolute Gasteiger partial charge is 0.255 e. The highest BCUT2D eigenvalue weighted by atomic mass is 16.3. The first-order valence-corrected chi connectivity index (χ1v) is 9.99. The van der Waals surface area contributed by atoms with Crippen LogP contribution < -0.4 is 10.2 Å². The van der Waals surface area contributed by atoms with Crippen LogP contribution in [0.4, 0.5) is 5.82 Å². The van der Waals surface area contributed by atoms with Gasteiger partial charge < -0.3 is 19.6 Å². The number of furan rings is 1. The molecule has 4 heterocycles. The Morgan fingerprint density at radius 2 is 2.14 bits per heavy atom. The Balaban J connectivity index is 1.21. The minimum Gasteiger partial charge on any atom is -0.461 e. The molecule has 0 unspecified atom stereocenters. The van der Waals surface area contributed by atoms with Crippen LogP contribution >= 0.6 is 0 Å². The molecule has 0 aliphatic carbocycles. The zero-order valence-electron chi connectivity index (χ0n) is 16.3. The highest BCUT2D eigenvalue weighted by Crippen LogP contribution is 2.27. The molecule has 0 saturated carbocycles. The Morgan fingerprint density at radius 3 is 3.00 bits per heavy atom. The molecular formula is C22H23N5O2. The van der Waals surface area contributed by atoms with E-state index >= 15 is 0 Å². The van der Waals surface area contributed by atoms with E-state index in [0.717, 1.165) is 53.9 Å². The summed E-state index contributed by atoms with van der Waals surface area (Å²) in [4.78, 5) is 26.9. The van der Waals surface area contributed by atoms with E-state index in [1.54, 1.807) is 6.33 Å². The number of carbonyl (C=O) groups is 1. The number of rotatable bonds is 4. The fourth-order valence-electron chi connectivity index (χ4n) is 4.16. The number of aryl methyl sites for hydroxylation is 1. The van der Waals surface area contributed by atoms with Crippen molar-refractivity contribution in [2.24, 2.45) is 5.92 Å². The highest BCUT2D eigenvalue weighted by molar-refractivity contribution is 6.05. The summed E-state index contributed by atoms with van der Waals surface area (Å²) in [5.41, 5.74) is 2.13. The van der Waals surface area contributed by atoms with E-state index in [1.165, 1.54) is 0 Å². The molecule has 1 aliphatic heterocycles. The van der Waals surface area contributed by atoms with Crippen LogP contribution in [0.15, 0.2) is 47.3 Å². The van der Waals surface area contributed by atoms with Crippen molar-refractivity contribution < 1.29 is 9.21 Å². The third-order valence-corrected chi connectivity index (χ3v) is 5.71. The molecule has 1 aromatic carbocycles. The normalized spacial score (nSPS) is 15.3. The predicted molar refractivity (Wildman–Crippen MR) is 112 cm³/mol. The topological polar surface area (TPSA) is 87.0 Å². The Morgan fingerprint density at radius 1 is 1.28 bits per heavy atom. The molecule has 7 heteroatoms. The van der Waals surface area contributed by atoms with Gasteiger partial charge in [-0.1, -0.05) is 12.1 Å². The molecule has 0 bridgehead atoms. The summed E-state index contributed by atoms with van der Waals surface area (Å²) in [6.45, 7) is 4.41. The van der Waals surface area contributed by atoms with E-state index < -0.39 is 0 Å². The maximum atomic E-state index is 12.7. The van der Waals surface area contributed by atoms with Gasteiger partial charge in [0.05, 0.1) is 10.9 Å². The second-order valence-electron chi connectivity index (χ2n) is 7.66. The van der Waals surface area contributed by atoms with Crippen molar-refractivity contribution in [3.05, 3.63) is 54.2 Å². The van der Waals surface area contributed by atoms with Crippen LogP contribution in [0.5, 0.6) is 0 Å². The van der Waals surface area contributed by atoms with Crippen molar-refractivity contribution in [2.75, 3.05) is 24.5 Å². The molecule has 0 radical (unpaired) electrons. The van der Waals surface area contributed by atoms with Crippen LogP contribution in [0.3, 0.4) is 0 Å². The summed E-state index contributed by atoms with van der Waals surface area (Å²) < 4.78 is 5.72. The predicted octanol–water partition coefficient (Wildman–Crippen LogP) is 3.66. The number of nitrogens with one attached hydrogen (secondary N) is 2. The summed E-state index contributed by atoms with van der Waals surface area (Å²) in [5, 5.41) is 5.12. The second-order valence-corrected chi connectivity index (χ2v) is 7.66. The van der Waals surface area contributed by atoms with E-state index in [4.69, 9.17) is 4.42 Å². The molecule has 2 N–H and O–H groups in total. The number of fused-ring (bicyclic) bond motifs is 2. The van der Waals surface area contributed by atoms with Gasteiger partial charge in [-0.15, -0.1) is 0 Å². The van der Waals surface area contributed by atoms with E-state index in [1.807, 2.05) is 43.5 Å². The van der Waals surface area contributed by atoms with Crippen molar-refractivity contribution in [1.82, 2.24) is 20.3 Å². The summed E-state index contributed by atoms with van der Waals surface area (Å²) in [5.74, 6) is 2.18. The minimum absolute atomic E-state index is 0.0720. The van der Waals surface area contributed by atoms with E-state index in [0.29, 0.717) is 23.6 Å². The molecule has 1 amide bonds. The standard InChI is InChI=1S/C22H23N5O2/c1-14-11-16-3-2-4-17(19(16)29-14)22(28)24-12-15-6-9-27(10-7-15)21-18-5-8-23-20(18)25-13-26-21/h2-5,8,11,13,15H,6-7,9-10,12H2,1H3,(H,24,28)(H,23,25,26). The summed E-state index contributed by atoms with van der Waals surface area (Å²) in [6.07, 6.45) is 5.53. The lowest BCUT2D eigenvalue weighted by Gasteiger charge is -2.33. The first-order chi connectivity index (χ1) is 14.2. The number of hydrogen-bond acceptors (Lipinski definition) is 5. The number of aromatic amines is 1. The summed E-state index contributed by atoms with van der Waals surface area (Å²) in [7, 11) is 0. The Labute approximate surface area is 168 Å². The number of nitrogens with zero attached hydrogens (tertiary/aromatic N) is 3. The molecule has 1 aliphatic rings. The lowest BCUT2D eigenvalue weighted by atomic mass is 9.96. The maximum Gasteiger partial charge on any atom is 0.255 e. The third-order valence-electron chi connectivity index (χ3n) is 5.71. The second kappa shape index (κ2) is 7.24. The van der Waals surface area contributed by atoms with Gasteiger partial charge >= 0.3 is 0 Å². The number of hydrogen-bond donors (Lipinski definition) is 2. The third kappa shape index (κ3) is 3.33. The summed E-state index contributed by atoms with van der Waals surface area (Å²) >= 11 is 0. The van der Waals surface area contributed by atoms with E-state index in [-0.39, 0.29) is 5.91 Å². The molecule has 1 saturated heterocycles. The average Bonchev–Trinajstić information content (AvgIpc) is 3.37. The van der Waals surface area contributed by atoms with Gasteiger partial charge in [-0.2, -0.15) is 0 Å². The molecule has 0 spiro atoms. The lowest BCUT2D eigenvalue weighted by Crippen LogP contribution is -2.39. The number of carbonyl (C=O) groups excluding carboxylic acids is 1. The average molecular weight is 389 g/mol. The number of H-pyrrole nitrogens is 1. The fraction of sp³-hybridized carbons (Fsp3) is 0.318. The maximum absolute atomic E-state index is 12.7. The molecule has 7 nitrogen and oxygen atoms in total. The van der Waals surface area contributed by atoms with Gasteiger partial charge in [0.15, 0.2) is 0 Å². The number of piperidine rings is 1. The van der Waals surface area contributed by atoms with Gasteiger partial charge in [0.25, 0.3) is 5.91 Å². The molecule has 5 rings (SSSR count). The van der Waals surface area contributed by atoms with Gasteiger partial charge in [-0.25, -0.2) is 9.97 Å². The molecule has 29 heavy (non-hydrogen) atoms. The van der Waals surface area contributed by atoms with Crippen LogP contribution in [0.2, 0.25) is 0 Å². The van der Waals surface area contributed by atoms with Crippen molar-refractivity contribution in [3.63, 3.8) is 0 Å². The van der Waals surface area contributed by atoms with Crippen molar-refractivity contribution in [3.8, 4) is 0 Å². The van der Waals surface area contributed by atoms with E-state index in [2.05, 4.69) is 25.2 Å². The number of amides is 1. The number of para-hydroxylation sites is 1. The van der Waals surface area contributed by atoms with Crippen molar-refractivity contribution in [1.29, 1.82) is 0 Å². The van der Waals surface area contributed by atoms with Gasteiger partial charge in [0.2, 0.25) is 0 Å². The molecule has 1 fully saturated rings. The molecule has 4 aromatic rings. The van der Waals surface area contributed by atoms with Crippen LogP contribution in [0.1, 0.15) is 29.0 Å². The van der Waals surface area contributed by atoms with Gasteiger partial charge in [0.1, 0.15) is 29.1 Å². The Kier molecular flexibility index (Phi) is 4.42. The van der Waals surface area contributed by atoms with Crippen LogP contribution in [0, 0.1) is 12.8 Å². The van der Waals surface area contributed by atoms with Crippen LogP contribution in [-0.4, -0.2) is 40.5 Å². The van der Waals surface area contributed by atoms with Crippen molar-refractivity contribution >= 4 is 33.7 Å². The molecule has 3 aromatic heterocycles. The zero-order chi connectivity index (χ0) is 19.8. The Bertz CT molecular complexity index is 1170. The number of anilines is 1. The quantitative estimate of drug-likeness (QED) is 0.556. The minimum atomic E-state index is -0.0720. The Hall–Kier alpha value is -3.35. The van der Waals surface area contributed by atoms with E-state index in [9.17, 15) is 4.79 Å². The number of aromatic nitrogens is 3. The molecular weight excluding hydrogens is 366 g/mol. The van der Waals surface area contributed by atoms with Crippen LogP contribution in [0.25, 0.3) is 22.0 Å². The SMILES string of the molecule is Cc1cc2cccc(C(=O)NCC3CCN(c4ncnc5[nH]ccc45)CC3)c2o1. The summed E-state index contributed by atoms with van der Waals surface area (Å²) in [6, 6.07) is 9.66. The fourth-order valence-corrected chi connectivity index (χ4v) is 4.16. The first kappa shape index (κ1) is 17.7. The highest BCUT2D eigenvalue weighted by Gasteiger charge is 2.23. The first-order valence-electron chi connectivity index (χ1n) is 9.99. The van der Waals surface area contributed by atoms with Gasteiger partial charge in [0, 0.05) is 31.2 Å². The zero-order valence-corrected chi connectivity index (χ0v) is 16.3. The monoisotopic (exact) mass is 389 g/mol. The molecule has 148 valence electrons. The lowest BCUT2D eigenvalue weighted by molar-refractivity contribution is 0.0945. The van der Waals surface area contributed by atoms with Gasteiger partial charge in [-0.05, 0) is 43.9 Å². The number of benzene rings is 1. The van der Waals surface area contributed by atoms with Crippen LogP contribution in [-0.2, 0) is 0 Å². The van der Waals surface area contributed by atoms with Gasteiger partial charge in [-0.3, -0.25) is 4.79 Å². The largest absolute Gasteiger partial charge is 0.461 e. The van der Waals surface area contributed by atoms with Crippen molar-refractivity contribution in [2.45, 2.75) is 19.8 Å².